The van der Waals surface area contributed by atoms with Crippen LogP contribution in [0.2, 0.25) is 0 Å². The zero-order valence-electron chi connectivity index (χ0n) is 12.9. The Morgan fingerprint density at radius 2 is 2.10 bits per heavy atom. The van der Waals surface area contributed by atoms with E-state index in [1.165, 1.54) is 32.1 Å². The lowest BCUT2D eigenvalue weighted by molar-refractivity contribution is 0.0273. The molecule has 0 aromatic carbocycles. The zero-order valence-corrected chi connectivity index (χ0v) is 13.7. The number of ether oxygens (including phenoxy) is 1. The SMILES string of the molecule is CNC1CSCC1c1nc(C(OC)C2CCCCC2)no1. The van der Waals surface area contributed by atoms with Gasteiger partial charge in [-0.1, -0.05) is 24.4 Å². The average Bonchev–Trinajstić information content (AvgIpc) is 3.17. The Hall–Kier alpha value is -0.590. The van der Waals surface area contributed by atoms with Crippen LogP contribution in [0.4, 0.5) is 0 Å². The number of rotatable bonds is 5. The van der Waals surface area contributed by atoms with E-state index in [0.717, 1.165) is 23.2 Å². The van der Waals surface area contributed by atoms with Crippen LogP contribution in [0.25, 0.3) is 0 Å². The van der Waals surface area contributed by atoms with Crippen LogP contribution in [-0.4, -0.2) is 41.8 Å². The maximum absolute atomic E-state index is 5.70. The van der Waals surface area contributed by atoms with E-state index in [2.05, 4.69) is 15.5 Å². The fraction of sp³-hybridized carbons (Fsp3) is 0.867. The van der Waals surface area contributed by atoms with Crippen molar-refractivity contribution in [3.63, 3.8) is 0 Å². The molecule has 1 aliphatic carbocycles. The van der Waals surface area contributed by atoms with Gasteiger partial charge < -0.3 is 14.6 Å². The summed E-state index contributed by atoms with van der Waals surface area (Å²) < 4.78 is 11.3. The summed E-state index contributed by atoms with van der Waals surface area (Å²) in [6, 6.07) is 0.430. The summed E-state index contributed by atoms with van der Waals surface area (Å²) in [6.07, 6.45) is 6.33. The minimum Gasteiger partial charge on any atom is -0.373 e. The summed E-state index contributed by atoms with van der Waals surface area (Å²) in [5.41, 5.74) is 0. The molecule has 2 aliphatic rings. The molecule has 2 fully saturated rings. The molecule has 1 saturated heterocycles. The van der Waals surface area contributed by atoms with Gasteiger partial charge in [-0.25, -0.2) is 0 Å². The fourth-order valence-electron chi connectivity index (χ4n) is 3.54. The lowest BCUT2D eigenvalue weighted by Crippen LogP contribution is -2.31. The summed E-state index contributed by atoms with van der Waals surface area (Å²) in [5, 5.41) is 7.58. The highest BCUT2D eigenvalue weighted by atomic mass is 32.2. The van der Waals surface area contributed by atoms with Crippen LogP contribution < -0.4 is 5.32 Å². The molecule has 3 rings (SSSR count). The molecule has 3 atom stereocenters. The molecule has 2 heterocycles. The van der Waals surface area contributed by atoms with Crippen LogP contribution in [0.3, 0.4) is 0 Å². The van der Waals surface area contributed by atoms with Gasteiger partial charge in [0, 0.05) is 24.7 Å². The van der Waals surface area contributed by atoms with Crippen molar-refractivity contribution in [3.8, 4) is 0 Å². The van der Waals surface area contributed by atoms with Gasteiger partial charge >= 0.3 is 0 Å². The third-order valence-corrected chi connectivity index (χ3v) is 6.00. The Balaban J connectivity index is 1.73. The molecular formula is C15H25N3O2S. The predicted octanol–water partition coefficient (Wildman–Crippen LogP) is 2.76. The van der Waals surface area contributed by atoms with E-state index in [0.29, 0.717) is 17.9 Å². The summed E-state index contributed by atoms with van der Waals surface area (Å²) in [6.45, 7) is 0. The molecule has 3 unspecified atom stereocenters. The van der Waals surface area contributed by atoms with E-state index in [9.17, 15) is 0 Å². The fourth-order valence-corrected chi connectivity index (χ4v) is 4.96. The van der Waals surface area contributed by atoms with Crippen LogP contribution in [0, 0.1) is 5.92 Å². The monoisotopic (exact) mass is 311 g/mol. The molecule has 0 amide bonds. The Kier molecular flexibility index (Phi) is 5.19. The first-order valence-corrected chi connectivity index (χ1v) is 9.10. The molecular weight excluding hydrogens is 286 g/mol. The molecule has 5 nitrogen and oxygen atoms in total. The van der Waals surface area contributed by atoms with Crippen LogP contribution >= 0.6 is 11.8 Å². The second kappa shape index (κ2) is 7.11. The number of nitrogens with zero attached hydrogens (tertiary/aromatic N) is 2. The number of likely N-dealkylation sites (N-methyl/N-ethyl adjacent to an activating group) is 1. The molecule has 1 aromatic rings. The van der Waals surface area contributed by atoms with Crippen molar-refractivity contribution in [1.29, 1.82) is 0 Å². The van der Waals surface area contributed by atoms with Gasteiger partial charge in [0.25, 0.3) is 0 Å². The summed E-state index contributed by atoms with van der Waals surface area (Å²) in [4.78, 5) is 4.68. The van der Waals surface area contributed by atoms with Crippen LogP contribution in [0.15, 0.2) is 4.52 Å². The molecule has 118 valence electrons. The Morgan fingerprint density at radius 1 is 1.29 bits per heavy atom. The highest BCUT2D eigenvalue weighted by molar-refractivity contribution is 7.99. The Labute approximate surface area is 130 Å². The number of nitrogens with one attached hydrogen (secondary N) is 1. The molecule has 1 saturated carbocycles. The molecule has 0 bridgehead atoms. The van der Waals surface area contributed by atoms with Crippen molar-refractivity contribution in [2.75, 3.05) is 25.7 Å². The summed E-state index contributed by atoms with van der Waals surface area (Å²) in [7, 11) is 3.76. The van der Waals surface area contributed by atoms with Gasteiger partial charge in [0.1, 0.15) is 6.10 Å². The Bertz CT molecular complexity index is 448. The minimum absolute atomic E-state index is 0.00936. The molecule has 1 N–H and O–H groups in total. The van der Waals surface area contributed by atoms with Gasteiger partial charge in [-0.2, -0.15) is 16.7 Å². The van der Waals surface area contributed by atoms with E-state index in [1.807, 2.05) is 18.8 Å². The number of thioether (sulfide) groups is 1. The van der Waals surface area contributed by atoms with Crippen LogP contribution in [-0.2, 0) is 4.74 Å². The molecule has 21 heavy (non-hydrogen) atoms. The van der Waals surface area contributed by atoms with E-state index in [4.69, 9.17) is 9.26 Å². The number of aromatic nitrogens is 2. The van der Waals surface area contributed by atoms with Gasteiger partial charge in [0.2, 0.25) is 11.7 Å². The molecule has 1 aromatic heterocycles. The quantitative estimate of drug-likeness (QED) is 0.902. The lowest BCUT2D eigenvalue weighted by Gasteiger charge is -2.26. The molecule has 0 radical (unpaired) electrons. The van der Waals surface area contributed by atoms with Crippen molar-refractivity contribution >= 4 is 11.8 Å². The third-order valence-electron chi connectivity index (χ3n) is 4.81. The standard InChI is InChI=1S/C15H25N3O2S/c1-16-12-9-21-8-11(12)15-17-14(18-20-15)13(19-2)10-6-4-3-5-7-10/h10-13,16H,3-9H2,1-2H3. The van der Waals surface area contributed by atoms with Crippen molar-refractivity contribution in [2.24, 2.45) is 5.92 Å². The van der Waals surface area contributed by atoms with E-state index < -0.39 is 0 Å². The second-order valence-electron chi connectivity index (χ2n) is 6.08. The van der Waals surface area contributed by atoms with Gasteiger partial charge in [-0.3, -0.25) is 0 Å². The van der Waals surface area contributed by atoms with E-state index in [1.54, 1.807) is 7.11 Å². The number of methoxy groups -OCH3 is 1. The van der Waals surface area contributed by atoms with E-state index in [-0.39, 0.29) is 6.10 Å². The third kappa shape index (κ3) is 3.27. The first-order chi connectivity index (χ1) is 10.3. The first kappa shape index (κ1) is 15.3. The molecule has 1 aliphatic heterocycles. The van der Waals surface area contributed by atoms with Crippen molar-refractivity contribution in [3.05, 3.63) is 11.7 Å². The van der Waals surface area contributed by atoms with Crippen molar-refractivity contribution < 1.29 is 9.26 Å². The zero-order chi connectivity index (χ0) is 14.7. The molecule has 6 heteroatoms. The highest BCUT2D eigenvalue weighted by Crippen LogP contribution is 2.37. The van der Waals surface area contributed by atoms with Crippen molar-refractivity contribution in [2.45, 2.75) is 50.2 Å². The summed E-state index contributed by atoms with van der Waals surface area (Å²) >= 11 is 1.94. The van der Waals surface area contributed by atoms with Gasteiger partial charge in [0.15, 0.2) is 0 Å². The predicted molar refractivity (Wildman–Crippen MR) is 83.5 cm³/mol. The normalized spacial score (nSPS) is 28.9. The van der Waals surface area contributed by atoms with Gasteiger partial charge in [0.05, 0.1) is 5.92 Å². The molecule has 0 spiro atoms. The number of hydrogen-bond donors (Lipinski definition) is 1. The largest absolute Gasteiger partial charge is 0.373 e. The van der Waals surface area contributed by atoms with Crippen molar-refractivity contribution in [1.82, 2.24) is 15.5 Å². The average molecular weight is 311 g/mol. The van der Waals surface area contributed by atoms with Crippen LogP contribution in [0.5, 0.6) is 0 Å². The smallest absolute Gasteiger partial charge is 0.232 e. The number of hydrogen-bond acceptors (Lipinski definition) is 6. The summed E-state index contributed by atoms with van der Waals surface area (Å²) in [5.74, 6) is 4.53. The highest BCUT2D eigenvalue weighted by Gasteiger charge is 2.35. The topological polar surface area (TPSA) is 60.2 Å². The lowest BCUT2D eigenvalue weighted by atomic mass is 9.85. The van der Waals surface area contributed by atoms with Gasteiger partial charge in [-0.05, 0) is 25.8 Å². The maximum Gasteiger partial charge on any atom is 0.232 e. The first-order valence-electron chi connectivity index (χ1n) is 7.94. The van der Waals surface area contributed by atoms with E-state index >= 15 is 0 Å². The second-order valence-corrected chi connectivity index (χ2v) is 7.16. The van der Waals surface area contributed by atoms with Crippen LogP contribution in [0.1, 0.15) is 55.8 Å². The van der Waals surface area contributed by atoms with Gasteiger partial charge in [-0.15, -0.1) is 0 Å². The maximum atomic E-state index is 5.70. The minimum atomic E-state index is -0.00936. The Morgan fingerprint density at radius 3 is 2.81 bits per heavy atom.